The standard InChI is InChI=1S/C19H23N3O2/c1-13(2)15-7-9-16(10-8-15)20-12-19(24)22-18-6-4-5-17(11-18)21-14(3)23/h4-11,13,20H,12H2,1-3H3,(H,21,23)(H,22,24). The molecule has 24 heavy (non-hydrogen) atoms. The van der Waals surface area contributed by atoms with Gasteiger partial charge in [0.25, 0.3) is 0 Å². The molecule has 2 amide bonds. The van der Waals surface area contributed by atoms with Crippen LogP contribution in [-0.2, 0) is 9.59 Å². The second kappa shape index (κ2) is 8.15. The van der Waals surface area contributed by atoms with Gasteiger partial charge in [-0.1, -0.05) is 32.0 Å². The Hall–Kier alpha value is -2.82. The van der Waals surface area contributed by atoms with Gasteiger partial charge in [-0.3, -0.25) is 9.59 Å². The molecule has 126 valence electrons. The highest BCUT2D eigenvalue weighted by molar-refractivity contribution is 5.95. The number of nitrogens with one attached hydrogen (secondary N) is 3. The van der Waals surface area contributed by atoms with E-state index in [1.807, 2.05) is 12.1 Å². The fraction of sp³-hybridized carbons (Fsp3) is 0.263. The van der Waals surface area contributed by atoms with Crippen molar-refractivity contribution >= 4 is 28.9 Å². The van der Waals surface area contributed by atoms with Crippen molar-refractivity contribution in [1.82, 2.24) is 0 Å². The lowest BCUT2D eigenvalue weighted by Crippen LogP contribution is -2.21. The zero-order valence-electron chi connectivity index (χ0n) is 14.2. The van der Waals surface area contributed by atoms with Crippen LogP contribution in [0.5, 0.6) is 0 Å². The number of hydrogen-bond acceptors (Lipinski definition) is 3. The zero-order valence-corrected chi connectivity index (χ0v) is 14.2. The first kappa shape index (κ1) is 17.5. The predicted octanol–water partition coefficient (Wildman–Crippen LogP) is 3.82. The maximum absolute atomic E-state index is 12.0. The Morgan fingerprint density at radius 3 is 2.12 bits per heavy atom. The maximum atomic E-state index is 12.0. The van der Waals surface area contributed by atoms with Crippen LogP contribution in [0, 0.1) is 0 Å². The van der Waals surface area contributed by atoms with Gasteiger partial charge >= 0.3 is 0 Å². The molecule has 0 saturated carbocycles. The molecule has 0 fully saturated rings. The van der Waals surface area contributed by atoms with Crippen LogP contribution in [0.4, 0.5) is 17.1 Å². The number of carbonyl (C=O) groups is 2. The first-order valence-electron chi connectivity index (χ1n) is 7.95. The number of amides is 2. The van der Waals surface area contributed by atoms with E-state index >= 15 is 0 Å². The van der Waals surface area contributed by atoms with Crippen LogP contribution in [0.15, 0.2) is 48.5 Å². The van der Waals surface area contributed by atoms with Crippen LogP contribution >= 0.6 is 0 Å². The SMILES string of the molecule is CC(=O)Nc1cccc(NC(=O)CNc2ccc(C(C)C)cc2)c1. The van der Waals surface area contributed by atoms with Gasteiger partial charge in [-0.15, -0.1) is 0 Å². The molecule has 0 unspecified atom stereocenters. The monoisotopic (exact) mass is 325 g/mol. The topological polar surface area (TPSA) is 70.2 Å². The van der Waals surface area contributed by atoms with Gasteiger partial charge in [-0.2, -0.15) is 0 Å². The Bertz CT molecular complexity index is 709. The van der Waals surface area contributed by atoms with Crippen molar-refractivity contribution in [2.75, 3.05) is 22.5 Å². The number of benzene rings is 2. The third-order valence-corrected chi connectivity index (χ3v) is 3.50. The summed E-state index contributed by atoms with van der Waals surface area (Å²) in [7, 11) is 0. The van der Waals surface area contributed by atoms with Gasteiger partial charge in [0.2, 0.25) is 11.8 Å². The molecule has 0 atom stereocenters. The van der Waals surface area contributed by atoms with Gasteiger partial charge in [0.05, 0.1) is 6.54 Å². The highest BCUT2D eigenvalue weighted by Gasteiger charge is 2.04. The Balaban J connectivity index is 1.88. The van der Waals surface area contributed by atoms with E-state index in [0.717, 1.165) is 5.69 Å². The average Bonchev–Trinajstić information content (AvgIpc) is 2.53. The predicted molar refractivity (Wildman–Crippen MR) is 98.4 cm³/mol. The average molecular weight is 325 g/mol. The van der Waals surface area contributed by atoms with Crippen LogP contribution in [-0.4, -0.2) is 18.4 Å². The molecule has 5 nitrogen and oxygen atoms in total. The van der Waals surface area contributed by atoms with Gasteiger partial charge in [0.1, 0.15) is 0 Å². The molecule has 2 rings (SSSR count). The summed E-state index contributed by atoms with van der Waals surface area (Å²) in [6, 6.07) is 15.1. The number of hydrogen-bond donors (Lipinski definition) is 3. The van der Waals surface area contributed by atoms with E-state index in [4.69, 9.17) is 0 Å². The van der Waals surface area contributed by atoms with E-state index in [1.54, 1.807) is 24.3 Å². The van der Waals surface area contributed by atoms with Gasteiger partial charge < -0.3 is 16.0 Å². The molecule has 0 aromatic heterocycles. The largest absolute Gasteiger partial charge is 0.376 e. The van der Waals surface area contributed by atoms with E-state index in [2.05, 4.69) is 41.9 Å². The lowest BCUT2D eigenvalue weighted by atomic mass is 10.0. The summed E-state index contributed by atoms with van der Waals surface area (Å²) in [6.07, 6.45) is 0. The van der Waals surface area contributed by atoms with Crippen LogP contribution < -0.4 is 16.0 Å². The smallest absolute Gasteiger partial charge is 0.243 e. The molecular weight excluding hydrogens is 302 g/mol. The summed E-state index contributed by atoms with van der Waals surface area (Å²) >= 11 is 0. The summed E-state index contributed by atoms with van der Waals surface area (Å²) in [6.45, 7) is 5.90. The lowest BCUT2D eigenvalue weighted by Gasteiger charge is -2.10. The van der Waals surface area contributed by atoms with Crippen molar-refractivity contribution < 1.29 is 9.59 Å². The minimum Gasteiger partial charge on any atom is -0.376 e. The van der Waals surface area contributed by atoms with Crippen LogP contribution in [0.2, 0.25) is 0 Å². The Labute approximate surface area is 142 Å². The van der Waals surface area contributed by atoms with E-state index in [0.29, 0.717) is 17.3 Å². The third kappa shape index (κ3) is 5.43. The molecule has 0 saturated heterocycles. The van der Waals surface area contributed by atoms with Crippen molar-refractivity contribution in [1.29, 1.82) is 0 Å². The molecule has 0 spiro atoms. The second-order valence-corrected chi connectivity index (χ2v) is 5.94. The van der Waals surface area contributed by atoms with Crippen molar-refractivity contribution in [3.05, 3.63) is 54.1 Å². The molecule has 0 radical (unpaired) electrons. The molecule has 0 aliphatic rings. The fourth-order valence-electron chi connectivity index (χ4n) is 2.25. The minimum atomic E-state index is -0.150. The molecular formula is C19H23N3O2. The highest BCUT2D eigenvalue weighted by atomic mass is 16.2. The van der Waals surface area contributed by atoms with Gasteiger partial charge in [0.15, 0.2) is 0 Å². The molecule has 2 aromatic rings. The number of carbonyl (C=O) groups excluding carboxylic acids is 2. The van der Waals surface area contributed by atoms with Crippen molar-refractivity contribution in [3.8, 4) is 0 Å². The van der Waals surface area contributed by atoms with Crippen molar-refractivity contribution in [2.45, 2.75) is 26.7 Å². The van der Waals surface area contributed by atoms with Gasteiger partial charge in [-0.25, -0.2) is 0 Å². The lowest BCUT2D eigenvalue weighted by molar-refractivity contribution is -0.115. The van der Waals surface area contributed by atoms with Gasteiger partial charge in [0, 0.05) is 24.0 Å². The van der Waals surface area contributed by atoms with E-state index in [9.17, 15) is 9.59 Å². The van der Waals surface area contributed by atoms with Crippen molar-refractivity contribution in [2.24, 2.45) is 0 Å². The van der Waals surface area contributed by atoms with Gasteiger partial charge in [-0.05, 0) is 41.8 Å². The quantitative estimate of drug-likeness (QED) is 0.756. The molecule has 5 heteroatoms. The van der Waals surface area contributed by atoms with Crippen LogP contribution in [0.1, 0.15) is 32.3 Å². The Morgan fingerprint density at radius 1 is 0.917 bits per heavy atom. The summed E-state index contributed by atoms with van der Waals surface area (Å²) in [5.41, 5.74) is 3.46. The highest BCUT2D eigenvalue weighted by Crippen LogP contribution is 2.17. The maximum Gasteiger partial charge on any atom is 0.243 e. The molecule has 2 aromatic carbocycles. The first-order chi connectivity index (χ1) is 11.4. The van der Waals surface area contributed by atoms with E-state index in [1.165, 1.54) is 12.5 Å². The summed E-state index contributed by atoms with van der Waals surface area (Å²) in [4.78, 5) is 23.1. The summed E-state index contributed by atoms with van der Waals surface area (Å²) in [5, 5.41) is 8.58. The first-order valence-corrected chi connectivity index (χ1v) is 7.95. The normalized spacial score (nSPS) is 10.3. The van der Waals surface area contributed by atoms with Crippen LogP contribution in [0.25, 0.3) is 0 Å². The number of anilines is 3. The Kier molecular flexibility index (Phi) is 5.95. The Morgan fingerprint density at radius 2 is 1.54 bits per heavy atom. The fourth-order valence-corrected chi connectivity index (χ4v) is 2.25. The third-order valence-electron chi connectivity index (χ3n) is 3.50. The van der Waals surface area contributed by atoms with Crippen LogP contribution in [0.3, 0.4) is 0 Å². The number of rotatable bonds is 6. The van der Waals surface area contributed by atoms with E-state index < -0.39 is 0 Å². The minimum absolute atomic E-state index is 0.148. The van der Waals surface area contributed by atoms with Crippen molar-refractivity contribution in [3.63, 3.8) is 0 Å². The molecule has 0 aliphatic carbocycles. The molecule has 0 heterocycles. The second-order valence-electron chi connectivity index (χ2n) is 5.94. The van der Waals surface area contributed by atoms with E-state index in [-0.39, 0.29) is 18.4 Å². The summed E-state index contributed by atoms with van der Waals surface area (Å²) < 4.78 is 0. The zero-order chi connectivity index (χ0) is 17.5. The molecule has 0 bridgehead atoms. The molecule has 3 N–H and O–H groups in total. The molecule has 0 aliphatic heterocycles. The summed E-state index contributed by atoms with van der Waals surface area (Å²) in [5.74, 6) is 0.186.